The van der Waals surface area contributed by atoms with Crippen LogP contribution in [0, 0.1) is 5.92 Å². The molecule has 25 heavy (non-hydrogen) atoms. The van der Waals surface area contributed by atoms with Gasteiger partial charge in [0.05, 0.1) is 0 Å². The molecule has 7 nitrogen and oxygen atoms in total. The van der Waals surface area contributed by atoms with E-state index in [2.05, 4.69) is 5.32 Å². The molecule has 0 unspecified atom stereocenters. The number of piperidine rings is 1. The Bertz CT molecular complexity index is 618. The molecule has 0 atom stereocenters. The van der Waals surface area contributed by atoms with Crippen LogP contribution < -0.4 is 11.1 Å². The topological polar surface area (TPSA) is 95.7 Å². The zero-order chi connectivity index (χ0) is 18.4. The van der Waals surface area contributed by atoms with Crippen molar-refractivity contribution in [3.8, 4) is 0 Å². The molecular formula is C18H26N4O3. The quantitative estimate of drug-likeness (QED) is 0.852. The Morgan fingerprint density at radius 2 is 1.68 bits per heavy atom. The van der Waals surface area contributed by atoms with Crippen molar-refractivity contribution in [3.63, 3.8) is 0 Å². The second kappa shape index (κ2) is 8.50. The Morgan fingerprint density at radius 3 is 2.16 bits per heavy atom. The third kappa shape index (κ3) is 4.71. The molecule has 1 saturated heterocycles. The van der Waals surface area contributed by atoms with E-state index in [0.717, 1.165) is 0 Å². The number of rotatable bonds is 5. The highest BCUT2D eigenvalue weighted by molar-refractivity contribution is 5.95. The zero-order valence-corrected chi connectivity index (χ0v) is 14.8. The van der Waals surface area contributed by atoms with Crippen LogP contribution >= 0.6 is 0 Å². The Hall–Kier alpha value is -2.57. The van der Waals surface area contributed by atoms with Crippen molar-refractivity contribution >= 4 is 23.5 Å². The van der Waals surface area contributed by atoms with Crippen molar-refractivity contribution in [2.45, 2.75) is 26.7 Å². The van der Waals surface area contributed by atoms with Crippen molar-refractivity contribution in [1.29, 1.82) is 0 Å². The molecule has 0 saturated carbocycles. The average Bonchev–Trinajstić information content (AvgIpc) is 2.63. The minimum atomic E-state index is -0.497. The first-order chi connectivity index (χ1) is 12.0. The number of likely N-dealkylation sites (tertiary alicyclic amines) is 1. The van der Waals surface area contributed by atoms with Gasteiger partial charge in [-0.05, 0) is 51.0 Å². The standard InChI is InChI=1S/C18H26N4O3/c1-3-21(4-2)18(25)22-11-9-14(10-12-22)17(24)20-15-7-5-13(6-8-15)16(19)23/h5-8,14H,3-4,9-12H2,1-2H3,(H2,19,23)(H,20,24). The van der Waals surface area contributed by atoms with Crippen molar-refractivity contribution in [3.05, 3.63) is 29.8 Å². The van der Waals surface area contributed by atoms with Gasteiger partial charge in [-0.2, -0.15) is 0 Å². The number of hydrogen-bond acceptors (Lipinski definition) is 3. The van der Waals surface area contributed by atoms with Crippen LogP contribution in [0.3, 0.4) is 0 Å². The number of anilines is 1. The maximum absolute atomic E-state index is 12.4. The summed E-state index contributed by atoms with van der Waals surface area (Å²) in [6.45, 7) is 6.49. The molecule has 1 heterocycles. The lowest BCUT2D eigenvalue weighted by molar-refractivity contribution is -0.121. The van der Waals surface area contributed by atoms with E-state index in [4.69, 9.17) is 5.73 Å². The molecule has 1 aromatic rings. The number of primary amides is 1. The number of nitrogens with zero attached hydrogens (tertiary/aromatic N) is 2. The van der Waals surface area contributed by atoms with Crippen LogP contribution in [0.1, 0.15) is 37.0 Å². The van der Waals surface area contributed by atoms with E-state index >= 15 is 0 Å². The number of urea groups is 1. The summed E-state index contributed by atoms with van der Waals surface area (Å²) in [5.41, 5.74) is 6.24. The molecule has 1 aliphatic rings. The van der Waals surface area contributed by atoms with E-state index in [1.807, 2.05) is 18.7 Å². The highest BCUT2D eigenvalue weighted by Gasteiger charge is 2.28. The van der Waals surface area contributed by atoms with E-state index in [0.29, 0.717) is 50.3 Å². The number of amides is 4. The SMILES string of the molecule is CCN(CC)C(=O)N1CCC(C(=O)Nc2ccc(C(N)=O)cc2)CC1. The minimum absolute atomic E-state index is 0.0471. The molecule has 0 spiro atoms. The summed E-state index contributed by atoms with van der Waals surface area (Å²) < 4.78 is 0. The van der Waals surface area contributed by atoms with Crippen LogP contribution in [0.2, 0.25) is 0 Å². The van der Waals surface area contributed by atoms with Crippen LogP contribution in [-0.2, 0) is 4.79 Å². The second-order valence-electron chi connectivity index (χ2n) is 6.15. The van der Waals surface area contributed by atoms with Crippen LogP contribution in [-0.4, -0.2) is 53.8 Å². The predicted octanol–water partition coefficient (Wildman–Crippen LogP) is 1.90. The summed E-state index contributed by atoms with van der Waals surface area (Å²) in [7, 11) is 0. The number of benzene rings is 1. The first-order valence-electron chi connectivity index (χ1n) is 8.70. The lowest BCUT2D eigenvalue weighted by atomic mass is 9.96. The smallest absolute Gasteiger partial charge is 0.319 e. The van der Waals surface area contributed by atoms with Crippen LogP contribution in [0.25, 0.3) is 0 Å². The molecule has 2 rings (SSSR count). The molecule has 4 amide bonds. The summed E-state index contributed by atoms with van der Waals surface area (Å²) in [4.78, 5) is 39.4. The summed E-state index contributed by atoms with van der Waals surface area (Å²) >= 11 is 0. The molecule has 0 aromatic heterocycles. The highest BCUT2D eigenvalue weighted by atomic mass is 16.2. The fourth-order valence-corrected chi connectivity index (χ4v) is 2.99. The molecule has 1 aliphatic heterocycles. The first-order valence-corrected chi connectivity index (χ1v) is 8.70. The van der Waals surface area contributed by atoms with Gasteiger partial charge in [0.15, 0.2) is 0 Å². The van der Waals surface area contributed by atoms with E-state index < -0.39 is 5.91 Å². The van der Waals surface area contributed by atoms with Gasteiger partial charge in [0.1, 0.15) is 0 Å². The molecule has 1 aromatic carbocycles. The lowest BCUT2D eigenvalue weighted by Crippen LogP contribution is -2.47. The van der Waals surface area contributed by atoms with E-state index in [1.54, 1.807) is 29.2 Å². The summed E-state index contributed by atoms with van der Waals surface area (Å²) in [5, 5.41) is 2.86. The fourth-order valence-electron chi connectivity index (χ4n) is 2.99. The third-order valence-electron chi connectivity index (χ3n) is 4.61. The van der Waals surface area contributed by atoms with Gasteiger partial charge in [0.25, 0.3) is 0 Å². The highest BCUT2D eigenvalue weighted by Crippen LogP contribution is 2.20. The summed E-state index contributed by atoms with van der Waals surface area (Å²) in [6.07, 6.45) is 1.30. The molecule has 7 heteroatoms. The number of carbonyl (C=O) groups is 3. The van der Waals surface area contributed by atoms with Gasteiger partial charge in [-0.3, -0.25) is 9.59 Å². The number of nitrogens with two attached hydrogens (primary N) is 1. The maximum Gasteiger partial charge on any atom is 0.319 e. The van der Waals surface area contributed by atoms with Gasteiger partial charge in [-0.15, -0.1) is 0 Å². The summed E-state index contributed by atoms with van der Waals surface area (Å²) in [5.74, 6) is -0.665. The van der Waals surface area contributed by atoms with Crippen molar-refractivity contribution in [1.82, 2.24) is 9.80 Å². The van der Waals surface area contributed by atoms with Gasteiger partial charge in [0.2, 0.25) is 11.8 Å². The van der Waals surface area contributed by atoms with Gasteiger partial charge in [-0.25, -0.2) is 4.79 Å². The largest absolute Gasteiger partial charge is 0.366 e. The molecular weight excluding hydrogens is 320 g/mol. The van der Waals surface area contributed by atoms with Crippen LogP contribution in [0.15, 0.2) is 24.3 Å². The maximum atomic E-state index is 12.4. The molecule has 3 N–H and O–H groups in total. The lowest BCUT2D eigenvalue weighted by Gasteiger charge is -2.34. The predicted molar refractivity (Wildman–Crippen MR) is 96.2 cm³/mol. The Labute approximate surface area is 148 Å². The van der Waals surface area contributed by atoms with Gasteiger partial charge in [-0.1, -0.05) is 0 Å². The molecule has 136 valence electrons. The van der Waals surface area contributed by atoms with Gasteiger partial charge < -0.3 is 20.9 Å². The third-order valence-corrected chi connectivity index (χ3v) is 4.61. The molecule has 0 aliphatic carbocycles. The van der Waals surface area contributed by atoms with Gasteiger partial charge in [0, 0.05) is 43.3 Å². The fraction of sp³-hybridized carbons (Fsp3) is 0.500. The monoisotopic (exact) mass is 346 g/mol. The van der Waals surface area contributed by atoms with E-state index in [1.165, 1.54) is 0 Å². The average molecular weight is 346 g/mol. The number of nitrogens with one attached hydrogen (secondary N) is 1. The zero-order valence-electron chi connectivity index (χ0n) is 14.8. The first kappa shape index (κ1) is 18.8. The number of hydrogen-bond donors (Lipinski definition) is 2. The van der Waals surface area contributed by atoms with Crippen LogP contribution in [0.5, 0.6) is 0 Å². The van der Waals surface area contributed by atoms with Crippen molar-refractivity contribution < 1.29 is 14.4 Å². The van der Waals surface area contributed by atoms with Crippen LogP contribution in [0.4, 0.5) is 10.5 Å². The molecule has 1 fully saturated rings. The summed E-state index contributed by atoms with van der Waals surface area (Å²) in [6, 6.07) is 6.55. The molecule has 0 radical (unpaired) electrons. The van der Waals surface area contributed by atoms with E-state index in [9.17, 15) is 14.4 Å². The van der Waals surface area contributed by atoms with E-state index in [-0.39, 0.29) is 17.9 Å². The Balaban J connectivity index is 1.86. The second-order valence-corrected chi connectivity index (χ2v) is 6.15. The Morgan fingerprint density at radius 1 is 1.12 bits per heavy atom. The molecule has 0 bridgehead atoms. The van der Waals surface area contributed by atoms with Crippen molar-refractivity contribution in [2.75, 3.05) is 31.5 Å². The Kier molecular flexibility index (Phi) is 6.38. The minimum Gasteiger partial charge on any atom is -0.366 e. The normalized spacial score (nSPS) is 14.9. The number of carbonyl (C=O) groups excluding carboxylic acids is 3. The van der Waals surface area contributed by atoms with Crippen molar-refractivity contribution in [2.24, 2.45) is 11.7 Å². The van der Waals surface area contributed by atoms with Gasteiger partial charge >= 0.3 is 6.03 Å².